The zero-order chi connectivity index (χ0) is 18.6. The van der Waals surface area contributed by atoms with Gasteiger partial charge in [-0.05, 0) is 31.0 Å². The molecule has 0 spiro atoms. The number of nitrogens with zero attached hydrogens (tertiary/aromatic N) is 1. The largest absolute Gasteiger partial charge is 0.481 e. The van der Waals surface area contributed by atoms with Crippen LogP contribution in [0.4, 0.5) is 4.39 Å². The second-order valence-electron chi connectivity index (χ2n) is 6.42. The predicted molar refractivity (Wildman–Crippen MR) is 91.1 cm³/mol. The summed E-state index contributed by atoms with van der Waals surface area (Å²) in [6, 6.07) is 9.12. The summed E-state index contributed by atoms with van der Waals surface area (Å²) in [5.41, 5.74) is -0.317. The first kappa shape index (κ1) is 17.8. The molecule has 1 aliphatic carbocycles. The van der Waals surface area contributed by atoms with E-state index in [1.54, 1.807) is 18.2 Å². The van der Waals surface area contributed by atoms with Gasteiger partial charge in [-0.1, -0.05) is 18.6 Å². The summed E-state index contributed by atoms with van der Waals surface area (Å²) >= 11 is 0. The lowest BCUT2D eigenvalue weighted by Crippen LogP contribution is -2.42. The molecule has 2 aromatic rings. The van der Waals surface area contributed by atoms with E-state index in [0.717, 1.165) is 6.42 Å². The maximum atomic E-state index is 13.3. The molecular formula is C19H19FN2O4. The fourth-order valence-corrected chi connectivity index (χ4v) is 2.93. The van der Waals surface area contributed by atoms with Crippen LogP contribution in [0.25, 0.3) is 0 Å². The lowest BCUT2D eigenvalue weighted by atomic mass is 9.66. The van der Waals surface area contributed by atoms with Crippen molar-refractivity contribution in [2.45, 2.75) is 32.2 Å². The van der Waals surface area contributed by atoms with Gasteiger partial charge >= 0.3 is 5.97 Å². The van der Waals surface area contributed by atoms with Crippen LogP contribution in [-0.4, -0.2) is 22.0 Å². The van der Waals surface area contributed by atoms with E-state index in [0.29, 0.717) is 24.2 Å². The van der Waals surface area contributed by atoms with Crippen LogP contribution in [-0.2, 0) is 16.1 Å². The van der Waals surface area contributed by atoms with Crippen molar-refractivity contribution in [3.8, 4) is 11.6 Å². The number of rotatable bonds is 7. The highest BCUT2D eigenvalue weighted by atomic mass is 19.1. The van der Waals surface area contributed by atoms with E-state index >= 15 is 0 Å². The summed E-state index contributed by atoms with van der Waals surface area (Å²) in [6.45, 7) is 0.146. The predicted octanol–water partition coefficient (Wildman–Crippen LogP) is 3.27. The monoisotopic (exact) mass is 358 g/mol. The number of benzene rings is 1. The number of nitrogens with one attached hydrogen (secondary N) is 1. The highest BCUT2D eigenvalue weighted by Gasteiger charge is 2.45. The Bertz CT molecular complexity index is 821. The van der Waals surface area contributed by atoms with E-state index in [2.05, 4.69) is 10.3 Å². The van der Waals surface area contributed by atoms with Crippen molar-refractivity contribution in [1.82, 2.24) is 10.3 Å². The number of amides is 1. The van der Waals surface area contributed by atoms with E-state index < -0.39 is 17.2 Å². The molecule has 1 amide bonds. The number of carboxylic acid groups (broad SMARTS) is 1. The molecule has 3 rings (SSSR count). The summed E-state index contributed by atoms with van der Waals surface area (Å²) in [5, 5.41) is 12.0. The van der Waals surface area contributed by atoms with Crippen molar-refractivity contribution >= 4 is 11.9 Å². The molecule has 1 aromatic carbocycles. The third-order valence-electron chi connectivity index (χ3n) is 4.60. The van der Waals surface area contributed by atoms with E-state index in [1.807, 2.05) is 0 Å². The second kappa shape index (κ2) is 7.51. The standard InChI is InChI=1S/C19H19FN2O4/c20-14-5-1-6-15(10-14)26-17-13(4-2-9-21-17)12-22-16(23)11-19(18(24)25)7-3-8-19/h1-2,4-6,9-10H,3,7-8,11-12H2,(H,22,23)(H,24,25). The molecule has 1 fully saturated rings. The maximum Gasteiger partial charge on any atom is 0.310 e. The normalized spacial score (nSPS) is 15.0. The first-order chi connectivity index (χ1) is 12.5. The lowest BCUT2D eigenvalue weighted by Gasteiger charge is -2.36. The number of carbonyl (C=O) groups excluding carboxylic acids is 1. The van der Waals surface area contributed by atoms with Crippen molar-refractivity contribution in [2.75, 3.05) is 0 Å². The quantitative estimate of drug-likeness (QED) is 0.793. The van der Waals surface area contributed by atoms with Gasteiger partial charge in [0.25, 0.3) is 0 Å². The van der Waals surface area contributed by atoms with E-state index in [1.165, 1.54) is 24.4 Å². The Morgan fingerprint density at radius 3 is 2.73 bits per heavy atom. The van der Waals surface area contributed by atoms with E-state index in [9.17, 15) is 19.1 Å². The summed E-state index contributed by atoms with van der Waals surface area (Å²) in [4.78, 5) is 27.6. The van der Waals surface area contributed by atoms with E-state index in [4.69, 9.17) is 4.74 Å². The van der Waals surface area contributed by atoms with Crippen molar-refractivity contribution in [1.29, 1.82) is 0 Å². The molecule has 0 unspecified atom stereocenters. The molecule has 6 nitrogen and oxygen atoms in total. The van der Waals surface area contributed by atoms with Gasteiger partial charge in [-0.25, -0.2) is 9.37 Å². The maximum absolute atomic E-state index is 13.3. The number of halogens is 1. The first-order valence-corrected chi connectivity index (χ1v) is 8.36. The molecule has 0 bridgehead atoms. The van der Waals surface area contributed by atoms with Crippen LogP contribution in [0.2, 0.25) is 0 Å². The zero-order valence-corrected chi connectivity index (χ0v) is 14.1. The van der Waals surface area contributed by atoms with Crippen molar-refractivity contribution in [3.05, 3.63) is 54.0 Å². The minimum atomic E-state index is -0.931. The number of pyridine rings is 1. The second-order valence-corrected chi connectivity index (χ2v) is 6.42. The van der Waals surface area contributed by atoms with Crippen molar-refractivity contribution < 1.29 is 23.8 Å². The summed E-state index contributed by atoms with van der Waals surface area (Å²) in [5.74, 6) is -1.11. The Morgan fingerprint density at radius 1 is 1.27 bits per heavy atom. The summed E-state index contributed by atoms with van der Waals surface area (Å²) in [7, 11) is 0. The molecule has 0 aliphatic heterocycles. The van der Waals surface area contributed by atoms with Gasteiger partial charge in [-0.15, -0.1) is 0 Å². The molecule has 0 saturated heterocycles. The number of carboxylic acids is 1. The van der Waals surface area contributed by atoms with Gasteiger partial charge in [0, 0.05) is 30.8 Å². The molecule has 1 aliphatic rings. The van der Waals surface area contributed by atoms with Crippen LogP contribution in [0, 0.1) is 11.2 Å². The molecule has 26 heavy (non-hydrogen) atoms. The van der Waals surface area contributed by atoms with Gasteiger partial charge in [0.15, 0.2) is 0 Å². The molecule has 2 N–H and O–H groups in total. The third-order valence-corrected chi connectivity index (χ3v) is 4.60. The molecule has 1 saturated carbocycles. The molecule has 136 valence electrons. The Balaban J connectivity index is 1.63. The fraction of sp³-hybridized carbons (Fsp3) is 0.316. The number of hydrogen-bond acceptors (Lipinski definition) is 4. The SMILES string of the molecule is O=C(CC1(C(=O)O)CCC1)NCc1cccnc1Oc1cccc(F)c1. The number of ether oxygens (including phenoxy) is 1. The van der Waals surface area contributed by atoms with Gasteiger partial charge in [-0.2, -0.15) is 0 Å². The minimum absolute atomic E-state index is 0.0390. The number of carbonyl (C=O) groups is 2. The van der Waals surface area contributed by atoms with Crippen molar-refractivity contribution in [3.63, 3.8) is 0 Å². The van der Waals surface area contributed by atoms with Crippen LogP contribution in [0.1, 0.15) is 31.2 Å². The molecule has 1 heterocycles. The molecule has 7 heteroatoms. The number of hydrogen-bond donors (Lipinski definition) is 2. The first-order valence-electron chi connectivity index (χ1n) is 8.36. The number of aromatic nitrogens is 1. The smallest absolute Gasteiger partial charge is 0.310 e. The molecule has 1 aromatic heterocycles. The lowest BCUT2D eigenvalue weighted by molar-refractivity contribution is -0.157. The van der Waals surface area contributed by atoms with Gasteiger partial charge < -0.3 is 15.2 Å². The Hall–Kier alpha value is -2.96. The molecule has 0 atom stereocenters. The average molecular weight is 358 g/mol. The van der Waals surface area contributed by atoms with Gasteiger partial charge in [0.05, 0.1) is 5.41 Å². The summed E-state index contributed by atoms with van der Waals surface area (Å²) in [6.07, 6.45) is 3.37. The Morgan fingerprint density at radius 2 is 2.08 bits per heavy atom. The topological polar surface area (TPSA) is 88.5 Å². The Kier molecular flexibility index (Phi) is 5.16. The minimum Gasteiger partial charge on any atom is -0.481 e. The summed E-state index contributed by atoms with van der Waals surface area (Å²) < 4.78 is 18.9. The highest BCUT2D eigenvalue weighted by Crippen LogP contribution is 2.44. The van der Waals surface area contributed by atoms with Gasteiger partial charge in [0.1, 0.15) is 11.6 Å². The van der Waals surface area contributed by atoms with Crippen LogP contribution in [0.15, 0.2) is 42.6 Å². The number of aliphatic carboxylic acids is 1. The Labute approximate surface area is 150 Å². The van der Waals surface area contributed by atoms with Crippen LogP contribution < -0.4 is 10.1 Å². The van der Waals surface area contributed by atoms with Crippen LogP contribution in [0.5, 0.6) is 11.6 Å². The van der Waals surface area contributed by atoms with Crippen LogP contribution in [0.3, 0.4) is 0 Å². The van der Waals surface area contributed by atoms with Gasteiger partial charge in [0.2, 0.25) is 11.8 Å². The highest BCUT2D eigenvalue weighted by molar-refractivity contribution is 5.85. The van der Waals surface area contributed by atoms with E-state index in [-0.39, 0.29) is 24.8 Å². The van der Waals surface area contributed by atoms with Crippen LogP contribution >= 0.6 is 0 Å². The van der Waals surface area contributed by atoms with Gasteiger partial charge in [-0.3, -0.25) is 9.59 Å². The fourth-order valence-electron chi connectivity index (χ4n) is 2.93. The average Bonchev–Trinajstić information content (AvgIpc) is 2.57. The zero-order valence-electron chi connectivity index (χ0n) is 14.1. The molecular weight excluding hydrogens is 339 g/mol. The molecule has 0 radical (unpaired) electrons. The van der Waals surface area contributed by atoms with Crippen molar-refractivity contribution in [2.24, 2.45) is 5.41 Å². The third kappa shape index (κ3) is 3.99.